The van der Waals surface area contributed by atoms with Crippen LogP contribution < -0.4 is 5.32 Å². The average Bonchev–Trinajstić information content (AvgIpc) is 3.36. The van der Waals surface area contributed by atoms with Gasteiger partial charge in [0.25, 0.3) is 0 Å². The van der Waals surface area contributed by atoms with Crippen LogP contribution in [-0.4, -0.2) is 17.0 Å². The van der Waals surface area contributed by atoms with Gasteiger partial charge in [0.15, 0.2) is 0 Å². The normalized spacial score (nSPS) is 26.7. The predicted octanol–water partition coefficient (Wildman–Crippen LogP) is 2.61. The van der Waals surface area contributed by atoms with Crippen molar-refractivity contribution < 1.29 is 14.7 Å². The third-order valence-electron chi connectivity index (χ3n) is 4.75. The van der Waals surface area contributed by atoms with Gasteiger partial charge in [0.05, 0.1) is 12.0 Å². The van der Waals surface area contributed by atoms with E-state index in [9.17, 15) is 14.7 Å². The zero-order valence-corrected chi connectivity index (χ0v) is 12.2. The number of carboxylic acids is 1. The van der Waals surface area contributed by atoms with Crippen LogP contribution in [0.4, 0.5) is 0 Å². The summed E-state index contributed by atoms with van der Waals surface area (Å²) in [5, 5.41) is 12.2. The summed E-state index contributed by atoms with van der Waals surface area (Å²) in [6, 6.07) is 8.90. The second-order valence-electron chi connectivity index (χ2n) is 6.37. The number of aliphatic carboxylic acids is 1. The summed E-state index contributed by atoms with van der Waals surface area (Å²) in [7, 11) is 0. The van der Waals surface area contributed by atoms with E-state index in [2.05, 4.69) is 5.32 Å². The number of hydrogen-bond donors (Lipinski definition) is 2. The fraction of sp³-hybridized carbons (Fsp3) is 0.529. The van der Waals surface area contributed by atoms with Crippen LogP contribution in [0.3, 0.4) is 0 Å². The van der Waals surface area contributed by atoms with Gasteiger partial charge in [0.2, 0.25) is 5.91 Å². The molecule has 21 heavy (non-hydrogen) atoms. The molecule has 0 bridgehead atoms. The number of nitrogens with one attached hydrogen (secondary N) is 1. The van der Waals surface area contributed by atoms with Crippen LogP contribution in [0.15, 0.2) is 30.3 Å². The number of carboxylic acid groups (broad SMARTS) is 1. The number of carbonyl (C=O) groups excluding carboxylic acids is 1. The molecule has 0 spiro atoms. The molecule has 1 aromatic rings. The largest absolute Gasteiger partial charge is 0.481 e. The zero-order chi connectivity index (χ0) is 15.0. The van der Waals surface area contributed by atoms with E-state index in [4.69, 9.17) is 0 Å². The van der Waals surface area contributed by atoms with E-state index in [-0.39, 0.29) is 11.8 Å². The van der Waals surface area contributed by atoms with Crippen molar-refractivity contribution in [2.75, 3.05) is 0 Å². The molecule has 4 heteroatoms. The summed E-state index contributed by atoms with van der Waals surface area (Å²) in [5.74, 6) is -0.124. The molecule has 0 radical (unpaired) electrons. The van der Waals surface area contributed by atoms with Gasteiger partial charge in [-0.1, -0.05) is 30.3 Å². The molecule has 4 nitrogen and oxygen atoms in total. The van der Waals surface area contributed by atoms with Crippen molar-refractivity contribution in [3.63, 3.8) is 0 Å². The maximum Gasteiger partial charge on any atom is 0.308 e. The molecule has 3 rings (SSSR count). The van der Waals surface area contributed by atoms with Crippen molar-refractivity contribution in [3.8, 4) is 0 Å². The van der Waals surface area contributed by atoms with E-state index in [0.29, 0.717) is 5.92 Å². The van der Waals surface area contributed by atoms with Crippen molar-refractivity contribution in [1.29, 1.82) is 0 Å². The molecule has 4 unspecified atom stereocenters. The van der Waals surface area contributed by atoms with Gasteiger partial charge >= 0.3 is 5.97 Å². The minimum absolute atomic E-state index is 0.0221. The molecule has 2 aliphatic rings. The van der Waals surface area contributed by atoms with E-state index < -0.39 is 17.9 Å². The summed E-state index contributed by atoms with van der Waals surface area (Å²) in [5.41, 5.74) is 0.851. The quantitative estimate of drug-likeness (QED) is 0.845. The molecule has 4 atom stereocenters. The summed E-state index contributed by atoms with van der Waals surface area (Å²) >= 11 is 0. The van der Waals surface area contributed by atoms with Gasteiger partial charge in [-0.15, -0.1) is 0 Å². The van der Waals surface area contributed by atoms with Gasteiger partial charge in [0.1, 0.15) is 0 Å². The Kier molecular flexibility index (Phi) is 3.70. The first-order valence-corrected chi connectivity index (χ1v) is 7.66. The van der Waals surface area contributed by atoms with Gasteiger partial charge in [-0.3, -0.25) is 9.59 Å². The molecule has 2 fully saturated rings. The highest BCUT2D eigenvalue weighted by molar-refractivity contribution is 5.83. The third-order valence-corrected chi connectivity index (χ3v) is 4.75. The summed E-state index contributed by atoms with van der Waals surface area (Å²) in [6.07, 6.45) is 3.48. The Labute approximate surface area is 124 Å². The molecule has 2 aliphatic carbocycles. The summed E-state index contributed by atoms with van der Waals surface area (Å²) in [4.78, 5) is 23.7. The van der Waals surface area contributed by atoms with Crippen molar-refractivity contribution >= 4 is 11.9 Å². The molecule has 1 amide bonds. The Morgan fingerprint density at radius 1 is 1.24 bits per heavy atom. The molecule has 0 aliphatic heterocycles. The fourth-order valence-corrected chi connectivity index (χ4v) is 3.12. The zero-order valence-electron chi connectivity index (χ0n) is 12.2. The van der Waals surface area contributed by atoms with Crippen LogP contribution in [0.2, 0.25) is 0 Å². The lowest BCUT2D eigenvalue weighted by molar-refractivity contribution is -0.142. The van der Waals surface area contributed by atoms with Crippen LogP contribution in [0.25, 0.3) is 0 Å². The Morgan fingerprint density at radius 3 is 2.48 bits per heavy atom. The molecule has 112 valence electrons. The Balaban J connectivity index is 1.70. The number of carbonyl (C=O) groups is 2. The van der Waals surface area contributed by atoms with Gasteiger partial charge < -0.3 is 10.4 Å². The fourth-order valence-electron chi connectivity index (χ4n) is 3.12. The monoisotopic (exact) mass is 287 g/mol. The lowest BCUT2D eigenvalue weighted by Crippen LogP contribution is -2.36. The van der Waals surface area contributed by atoms with Gasteiger partial charge in [-0.25, -0.2) is 0 Å². The van der Waals surface area contributed by atoms with E-state index in [1.54, 1.807) is 6.92 Å². The standard InChI is InChI=1S/C17H21NO3/c1-10(17(20)21)15(12-5-3-2-4-6-12)18-16(19)14-9-13(14)11-7-8-11/h2-6,10-11,13-15H,7-9H2,1H3,(H,18,19)(H,20,21). The second-order valence-corrected chi connectivity index (χ2v) is 6.37. The molecular weight excluding hydrogens is 266 g/mol. The lowest BCUT2D eigenvalue weighted by atomic mass is 9.94. The van der Waals surface area contributed by atoms with Crippen LogP contribution in [-0.2, 0) is 9.59 Å². The summed E-state index contributed by atoms with van der Waals surface area (Å²) in [6.45, 7) is 1.64. The van der Waals surface area contributed by atoms with E-state index >= 15 is 0 Å². The maximum atomic E-state index is 12.4. The second kappa shape index (κ2) is 5.51. The topological polar surface area (TPSA) is 66.4 Å². The van der Waals surface area contributed by atoms with E-state index in [0.717, 1.165) is 17.9 Å². The van der Waals surface area contributed by atoms with E-state index in [1.165, 1.54) is 12.8 Å². The Morgan fingerprint density at radius 2 is 1.90 bits per heavy atom. The lowest BCUT2D eigenvalue weighted by Gasteiger charge is -2.23. The summed E-state index contributed by atoms with van der Waals surface area (Å²) < 4.78 is 0. The Hall–Kier alpha value is -1.84. The van der Waals surface area contributed by atoms with E-state index in [1.807, 2.05) is 30.3 Å². The van der Waals surface area contributed by atoms with Crippen molar-refractivity contribution in [2.45, 2.75) is 32.2 Å². The van der Waals surface area contributed by atoms with Crippen LogP contribution in [0, 0.1) is 23.7 Å². The number of amides is 1. The molecular formula is C17H21NO3. The number of hydrogen-bond acceptors (Lipinski definition) is 2. The van der Waals surface area contributed by atoms with Crippen molar-refractivity contribution in [3.05, 3.63) is 35.9 Å². The molecule has 2 N–H and O–H groups in total. The highest BCUT2D eigenvalue weighted by Gasteiger charge is 2.51. The SMILES string of the molecule is CC(C(=O)O)C(NC(=O)C1CC1C1CC1)c1ccccc1. The first-order chi connectivity index (χ1) is 10.1. The first-order valence-electron chi connectivity index (χ1n) is 7.66. The molecule has 0 aromatic heterocycles. The minimum Gasteiger partial charge on any atom is -0.481 e. The third kappa shape index (κ3) is 3.09. The van der Waals surface area contributed by atoms with Crippen molar-refractivity contribution in [1.82, 2.24) is 5.32 Å². The molecule has 0 saturated heterocycles. The number of rotatable bonds is 6. The molecule has 2 saturated carbocycles. The highest BCUT2D eigenvalue weighted by Crippen LogP contribution is 2.54. The van der Waals surface area contributed by atoms with Crippen LogP contribution in [0.5, 0.6) is 0 Å². The maximum absolute atomic E-state index is 12.4. The smallest absolute Gasteiger partial charge is 0.308 e. The van der Waals surface area contributed by atoms with Gasteiger partial charge in [0, 0.05) is 5.92 Å². The van der Waals surface area contributed by atoms with Crippen LogP contribution >= 0.6 is 0 Å². The minimum atomic E-state index is -0.890. The molecule has 0 heterocycles. The predicted molar refractivity (Wildman–Crippen MR) is 78.4 cm³/mol. The molecule has 1 aromatic carbocycles. The number of benzene rings is 1. The van der Waals surface area contributed by atoms with Crippen molar-refractivity contribution in [2.24, 2.45) is 23.7 Å². The van der Waals surface area contributed by atoms with Gasteiger partial charge in [-0.05, 0) is 43.6 Å². The Bertz CT molecular complexity index is 538. The highest BCUT2D eigenvalue weighted by atomic mass is 16.4. The average molecular weight is 287 g/mol. The van der Waals surface area contributed by atoms with Crippen LogP contribution in [0.1, 0.15) is 37.8 Å². The van der Waals surface area contributed by atoms with Gasteiger partial charge in [-0.2, -0.15) is 0 Å². The first kappa shape index (κ1) is 14.1.